The third kappa shape index (κ3) is 3.49. The van der Waals surface area contributed by atoms with E-state index >= 15 is 0 Å². The Labute approximate surface area is 119 Å². The van der Waals surface area contributed by atoms with Crippen molar-refractivity contribution in [1.82, 2.24) is 4.90 Å². The molecule has 1 aromatic carbocycles. The van der Waals surface area contributed by atoms with Gasteiger partial charge in [-0.25, -0.2) is 0 Å². The highest BCUT2D eigenvalue weighted by Gasteiger charge is 2.28. The minimum Gasteiger partial charge on any atom is -0.494 e. The van der Waals surface area contributed by atoms with Gasteiger partial charge in [0.2, 0.25) is 0 Å². The van der Waals surface area contributed by atoms with Crippen LogP contribution >= 0.6 is 0 Å². The lowest BCUT2D eigenvalue weighted by molar-refractivity contribution is -0.0625. The van der Waals surface area contributed by atoms with E-state index in [4.69, 9.17) is 15.2 Å². The molecule has 5 heteroatoms. The van der Waals surface area contributed by atoms with E-state index in [0.29, 0.717) is 31.8 Å². The minimum absolute atomic E-state index is 0.0154. The fraction of sp³-hybridized carbons (Fsp3) is 0.533. The van der Waals surface area contributed by atoms with E-state index in [1.165, 1.54) is 0 Å². The molecule has 0 saturated carbocycles. The molecule has 2 N–H and O–H groups in total. The summed E-state index contributed by atoms with van der Waals surface area (Å²) in [5.74, 6) is 0.792. The Morgan fingerprint density at radius 1 is 1.40 bits per heavy atom. The minimum atomic E-state index is -0.0783. The van der Waals surface area contributed by atoms with Gasteiger partial charge in [-0.15, -0.1) is 0 Å². The van der Waals surface area contributed by atoms with Crippen LogP contribution in [0.3, 0.4) is 0 Å². The summed E-state index contributed by atoms with van der Waals surface area (Å²) in [5.41, 5.74) is 6.31. The Hall–Kier alpha value is -1.59. The fourth-order valence-corrected chi connectivity index (χ4v) is 2.38. The summed E-state index contributed by atoms with van der Waals surface area (Å²) in [6.45, 7) is 6.08. The topological polar surface area (TPSA) is 64.8 Å². The molecular weight excluding hydrogens is 256 g/mol. The SMILES string of the molecule is CCOc1ccc(C(=O)N2CC(C)OC(CN)C2)cc1. The molecule has 1 fully saturated rings. The van der Waals surface area contributed by atoms with Gasteiger partial charge in [0.15, 0.2) is 0 Å². The van der Waals surface area contributed by atoms with E-state index < -0.39 is 0 Å². The second-order valence-corrected chi connectivity index (χ2v) is 4.97. The van der Waals surface area contributed by atoms with Crippen molar-refractivity contribution in [3.63, 3.8) is 0 Å². The number of hydrogen-bond donors (Lipinski definition) is 1. The molecule has 0 spiro atoms. The molecular formula is C15H22N2O3. The maximum Gasteiger partial charge on any atom is 0.254 e. The van der Waals surface area contributed by atoms with Crippen molar-refractivity contribution >= 4 is 5.91 Å². The Bertz CT molecular complexity index is 447. The number of carbonyl (C=O) groups excluding carboxylic acids is 1. The molecule has 1 heterocycles. The Morgan fingerprint density at radius 3 is 2.70 bits per heavy atom. The van der Waals surface area contributed by atoms with Crippen LogP contribution in [0.25, 0.3) is 0 Å². The predicted octanol–water partition coefficient (Wildman–Crippen LogP) is 1.27. The van der Waals surface area contributed by atoms with Gasteiger partial charge in [0.05, 0.1) is 18.8 Å². The summed E-state index contributed by atoms with van der Waals surface area (Å²) in [4.78, 5) is 14.3. The molecule has 20 heavy (non-hydrogen) atoms. The number of carbonyl (C=O) groups is 1. The van der Waals surface area contributed by atoms with Crippen molar-refractivity contribution in [2.45, 2.75) is 26.1 Å². The zero-order chi connectivity index (χ0) is 14.5. The Kier molecular flexibility index (Phi) is 4.98. The van der Waals surface area contributed by atoms with Gasteiger partial charge in [0, 0.05) is 25.2 Å². The zero-order valence-electron chi connectivity index (χ0n) is 12.0. The number of rotatable bonds is 4. The van der Waals surface area contributed by atoms with Gasteiger partial charge in [-0.3, -0.25) is 4.79 Å². The molecule has 1 saturated heterocycles. The highest BCUT2D eigenvalue weighted by atomic mass is 16.5. The quantitative estimate of drug-likeness (QED) is 0.901. The van der Waals surface area contributed by atoms with Gasteiger partial charge in [-0.2, -0.15) is 0 Å². The lowest BCUT2D eigenvalue weighted by Gasteiger charge is -2.36. The number of nitrogens with zero attached hydrogens (tertiary/aromatic N) is 1. The number of nitrogens with two attached hydrogens (primary N) is 1. The Morgan fingerprint density at radius 2 is 2.10 bits per heavy atom. The third-order valence-electron chi connectivity index (χ3n) is 3.29. The van der Waals surface area contributed by atoms with E-state index in [9.17, 15) is 4.79 Å². The Balaban J connectivity index is 2.06. The molecule has 1 aliphatic rings. The van der Waals surface area contributed by atoms with Crippen molar-refractivity contribution in [2.24, 2.45) is 5.73 Å². The summed E-state index contributed by atoms with van der Waals surface area (Å²) in [6.07, 6.45) is -0.0608. The molecule has 2 unspecified atom stereocenters. The molecule has 0 bridgehead atoms. The van der Waals surface area contributed by atoms with Crippen molar-refractivity contribution in [3.8, 4) is 5.75 Å². The van der Waals surface area contributed by atoms with Crippen LogP contribution in [-0.2, 0) is 4.74 Å². The number of ether oxygens (including phenoxy) is 2. The van der Waals surface area contributed by atoms with E-state index in [2.05, 4.69) is 0 Å². The van der Waals surface area contributed by atoms with Gasteiger partial charge in [0.1, 0.15) is 5.75 Å². The van der Waals surface area contributed by atoms with Crippen molar-refractivity contribution in [3.05, 3.63) is 29.8 Å². The summed E-state index contributed by atoms with van der Waals surface area (Å²) in [7, 11) is 0. The van der Waals surface area contributed by atoms with E-state index in [1.807, 2.05) is 26.0 Å². The second-order valence-electron chi connectivity index (χ2n) is 4.97. The summed E-state index contributed by atoms with van der Waals surface area (Å²) < 4.78 is 11.0. The average molecular weight is 278 g/mol. The summed E-state index contributed by atoms with van der Waals surface area (Å²) >= 11 is 0. The van der Waals surface area contributed by atoms with E-state index in [0.717, 1.165) is 5.75 Å². The van der Waals surface area contributed by atoms with Gasteiger partial charge < -0.3 is 20.1 Å². The van der Waals surface area contributed by atoms with Crippen LogP contribution in [-0.4, -0.2) is 49.3 Å². The van der Waals surface area contributed by atoms with Crippen LogP contribution in [0.4, 0.5) is 0 Å². The normalized spacial score (nSPS) is 22.6. The molecule has 2 atom stereocenters. The molecule has 1 aromatic rings. The smallest absolute Gasteiger partial charge is 0.254 e. The number of morpholine rings is 1. The molecule has 5 nitrogen and oxygen atoms in total. The largest absolute Gasteiger partial charge is 0.494 e. The molecule has 0 radical (unpaired) electrons. The number of amides is 1. The number of benzene rings is 1. The van der Waals surface area contributed by atoms with Crippen LogP contribution < -0.4 is 10.5 Å². The van der Waals surface area contributed by atoms with Crippen LogP contribution in [0.1, 0.15) is 24.2 Å². The van der Waals surface area contributed by atoms with E-state index in [1.54, 1.807) is 17.0 Å². The van der Waals surface area contributed by atoms with Crippen LogP contribution in [0, 0.1) is 0 Å². The lowest BCUT2D eigenvalue weighted by atomic mass is 10.1. The number of hydrogen-bond acceptors (Lipinski definition) is 4. The fourth-order valence-electron chi connectivity index (χ4n) is 2.38. The summed E-state index contributed by atoms with van der Waals surface area (Å²) in [5, 5.41) is 0. The highest BCUT2D eigenvalue weighted by Crippen LogP contribution is 2.17. The first-order valence-electron chi connectivity index (χ1n) is 7.01. The molecule has 0 aromatic heterocycles. The van der Waals surface area contributed by atoms with Crippen LogP contribution in [0.2, 0.25) is 0 Å². The maximum absolute atomic E-state index is 12.5. The van der Waals surface area contributed by atoms with Gasteiger partial charge in [-0.1, -0.05) is 0 Å². The molecule has 0 aliphatic carbocycles. The summed E-state index contributed by atoms with van der Waals surface area (Å²) in [6, 6.07) is 7.23. The van der Waals surface area contributed by atoms with Gasteiger partial charge >= 0.3 is 0 Å². The molecule has 1 amide bonds. The van der Waals surface area contributed by atoms with Crippen molar-refractivity contribution < 1.29 is 14.3 Å². The first-order valence-corrected chi connectivity index (χ1v) is 7.01. The molecule has 1 aliphatic heterocycles. The third-order valence-corrected chi connectivity index (χ3v) is 3.29. The van der Waals surface area contributed by atoms with Crippen LogP contribution in [0.5, 0.6) is 5.75 Å². The standard InChI is InChI=1S/C15H22N2O3/c1-3-19-13-6-4-12(5-7-13)15(18)17-9-11(2)20-14(8-16)10-17/h4-7,11,14H,3,8-10,16H2,1-2H3. The lowest BCUT2D eigenvalue weighted by Crippen LogP contribution is -2.51. The maximum atomic E-state index is 12.5. The van der Waals surface area contributed by atoms with Gasteiger partial charge in [0.25, 0.3) is 5.91 Å². The van der Waals surface area contributed by atoms with Crippen LogP contribution in [0.15, 0.2) is 24.3 Å². The van der Waals surface area contributed by atoms with Crippen molar-refractivity contribution in [1.29, 1.82) is 0 Å². The average Bonchev–Trinajstić information content (AvgIpc) is 2.47. The first-order chi connectivity index (χ1) is 9.63. The molecule has 2 rings (SSSR count). The van der Waals surface area contributed by atoms with Crippen molar-refractivity contribution in [2.75, 3.05) is 26.2 Å². The first kappa shape index (κ1) is 14.8. The molecule has 110 valence electrons. The highest BCUT2D eigenvalue weighted by molar-refractivity contribution is 5.94. The van der Waals surface area contributed by atoms with Gasteiger partial charge in [-0.05, 0) is 38.1 Å². The zero-order valence-corrected chi connectivity index (χ0v) is 12.0. The predicted molar refractivity (Wildman–Crippen MR) is 76.9 cm³/mol. The second kappa shape index (κ2) is 6.72. The monoisotopic (exact) mass is 278 g/mol. The van der Waals surface area contributed by atoms with E-state index in [-0.39, 0.29) is 18.1 Å².